The average molecular weight is 215 g/mol. The summed E-state index contributed by atoms with van der Waals surface area (Å²) in [5.74, 6) is -1.55. The summed E-state index contributed by atoms with van der Waals surface area (Å²) in [6.07, 6.45) is 0. The largest absolute Gasteiger partial charge is 0.506 e. The molecule has 1 rings (SSSR count). The van der Waals surface area contributed by atoms with Gasteiger partial charge in [0.2, 0.25) is 0 Å². The number of hydrogen-bond acceptors (Lipinski definition) is 2. The molecule has 14 heavy (non-hydrogen) atoms. The number of carboxylic acid groups (broad SMARTS) is 1. The third-order valence-electron chi connectivity index (χ3n) is 2.17. The van der Waals surface area contributed by atoms with Crippen LogP contribution in [0.4, 0.5) is 0 Å². The van der Waals surface area contributed by atoms with Crippen molar-refractivity contribution >= 4 is 17.6 Å². The highest BCUT2D eigenvalue weighted by molar-refractivity contribution is 6.32. The quantitative estimate of drug-likeness (QED) is 0.796. The van der Waals surface area contributed by atoms with Crippen molar-refractivity contribution in [3.05, 3.63) is 28.3 Å². The van der Waals surface area contributed by atoms with E-state index in [4.69, 9.17) is 16.7 Å². The number of aromatic hydroxyl groups is 1. The number of hydrogen-bond donors (Lipinski definition) is 2. The van der Waals surface area contributed by atoms with Gasteiger partial charge in [-0.3, -0.25) is 4.79 Å². The van der Waals surface area contributed by atoms with E-state index >= 15 is 0 Å². The molecule has 0 aliphatic carbocycles. The van der Waals surface area contributed by atoms with E-state index in [2.05, 4.69) is 0 Å². The topological polar surface area (TPSA) is 57.5 Å². The molecule has 0 radical (unpaired) electrons. The third kappa shape index (κ3) is 1.99. The molecule has 0 aliphatic heterocycles. The summed E-state index contributed by atoms with van der Waals surface area (Å²) >= 11 is 5.69. The Morgan fingerprint density at radius 1 is 1.50 bits per heavy atom. The van der Waals surface area contributed by atoms with Crippen LogP contribution in [0.25, 0.3) is 0 Å². The summed E-state index contributed by atoms with van der Waals surface area (Å²) in [5.41, 5.74) is 1.35. The Kier molecular flexibility index (Phi) is 3.01. The fourth-order valence-corrected chi connectivity index (χ4v) is 1.45. The van der Waals surface area contributed by atoms with Gasteiger partial charge in [-0.1, -0.05) is 11.6 Å². The number of benzene rings is 1. The fourth-order valence-electron chi connectivity index (χ4n) is 1.28. The first kappa shape index (κ1) is 10.9. The van der Waals surface area contributed by atoms with Gasteiger partial charge in [0.25, 0.3) is 0 Å². The summed E-state index contributed by atoms with van der Waals surface area (Å²) < 4.78 is 0. The van der Waals surface area contributed by atoms with Gasteiger partial charge in [-0.05, 0) is 37.1 Å². The smallest absolute Gasteiger partial charge is 0.310 e. The van der Waals surface area contributed by atoms with Crippen LogP contribution < -0.4 is 0 Å². The lowest BCUT2D eigenvalue weighted by Gasteiger charge is -2.11. The number of carbonyl (C=O) groups is 1. The van der Waals surface area contributed by atoms with E-state index in [1.165, 1.54) is 12.1 Å². The zero-order chi connectivity index (χ0) is 10.9. The predicted molar refractivity (Wildman–Crippen MR) is 53.9 cm³/mol. The van der Waals surface area contributed by atoms with Crippen LogP contribution in [-0.2, 0) is 4.79 Å². The van der Waals surface area contributed by atoms with Crippen LogP contribution in [0, 0.1) is 6.92 Å². The molecule has 4 heteroatoms. The van der Waals surface area contributed by atoms with E-state index < -0.39 is 11.9 Å². The zero-order valence-corrected chi connectivity index (χ0v) is 8.67. The molecule has 0 amide bonds. The van der Waals surface area contributed by atoms with Crippen molar-refractivity contribution in [2.45, 2.75) is 19.8 Å². The molecule has 1 aromatic rings. The van der Waals surface area contributed by atoms with Crippen LogP contribution in [-0.4, -0.2) is 16.2 Å². The van der Waals surface area contributed by atoms with Crippen molar-refractivity contribution in [2.24, 2.45) is 0 Å². The number of carboxylic acids is 1. The maximum absolute atomic E-state index is 10.7. The minimum Gasteiger partial charge on any atom is -0.506 e. The van der Waals surface area contributed by atoms with Gasteiger partial charge < -0.3 is 10.2 Å². The third-order valence-corrected chi connectivity index (χ3v) is 2.48. The van der Waals surface area contributed by atoms with Crippen LogP contribution in [0.3, 0.4) is 0 Å². The first-order valence-electron chi connectivity index (χ1n) is 4.15. The number of aliphatic carboxylic acids is 1. The van der Waals surface area contributed by atoms with Crippen molar-refractivity contribution < 1.29 is 15.0 Å². The first-order valence-corrected chi connectivity index (χ1v) is 4.53. The van der Waals surface area contributed by atoms with Gasteiger partial charge in [0.05, 0.1) is 10.9 Å². The Morgan fingerprint density at radius 2 is 2.07 bits per heavy atom. The van der Waals surface area contributed by atoms with Crippen molar-refractivity contribution in [3.63, 3.8) is 0 Å². The first-order chi connectivity index (χ1) is 6.43. The highest BCUT2D eigenvalue weighted by atomic mass is 35.5. The Labute approximate surface area is 86.9 Å². The molecule has 0 aliphatic rings. The molecule has 3 nitrogen and oxygen atoms in total. The number of aryl methyl sites for hydroxylation is 1. The van der Waals surface area contributed by atoms with Crippen LogP contribution in [0.1, 0.15) is 24.0 Å². The molecule has 0 heterocycles. The molecule has 0 aromatic heterocycles. The maximum Gasteiger partial charge on any atom is 0.310 e. The van der Waals surface area contributed by atoms with Gasteiger partial charge in [-0.15, -0.1) is 0 Å². The molecule has 0 saturated carbocycles. The maximum atomic E-state index is 10.7. The monoisotopic (exact) mass is 214 g/mol. The van der Waals surface area contributed by atoms with Crippen LogP contribution in [0.5, 0.6) is 5.75 Å². The van der Waals surface area contributed by atoms with Gasteiger partial charge in [-0.2, -0.15) is 0 Å². The van der Waals surface area contributed by atoms with E-state index in [9.17, 15) is 9.90 Å². The zero-order valence-electron chi connectivity index (χ0n) is 7.91. The Morgan fingerprint density at radius 3 is 2.57 bits per heavy atom. The van der Waals surface area contributed by atoms with Crippen LogP contribution in [0.15, 0.2) is 12.1 Å². The molecule has 1 atom stereocenters. The number of phenolic OH excluding ortho intramolecular Hbond substituents is 1. The van der Waals surface area contributed by atoms with Crippen molar-refractivity contribution in [2.75, 3.05) is 0 Å². The average Bonchev–Trinajstić information content (AvgIpc) is 2.10. The van der Waals surface area contributed by atoms with Gasteiger partial charge in [0.1, 0.15) is 5.75 Å². The molecular formula is C10H11ClO3. The molecule has 2 N–H and O–H groups in total. The predicted octanol–water partition coefficient (Wildman–Crippen LogP) is 2.54. The summed E-state index contributed by atoms with van der Waals surface area (Å²) in [7, 11) is 0. The van der Waals surface area contributed by atoms with Crippen LogP contribution in [0.2, 0.25) is 5.02 Å². The molecule has 0 fully saturated rings. The van der Waals surface area contributed by atoms with E-state index in [-0.39, 0.29) is 10.8 Å². The second-order valence-corrected chi connectivity index (χ2v) is 3.63. The summed E-state index contributed by atoms with van der Waals surface area (Å²) in [6, 6.07) is 2.96. The lowest BCUT2D eigenvalue weighted by Crippen LogP contribution is -2.08. The van der Waals surface area contributed by atoms with Gasteiger partial charge >= 0.3 is 5.97 Å². The Hall–Kier alpha value is -1.22. The highest BCUT2D eigenvalue weighted by Crippen LogP contribution is 2.30. The molecule has 0 bridgehead atoms. The Bertz CT molecular complexity index is 374. The van der Waals surface area contributed by atoms with Crippen molar-refractivity contribution in [3.8, 4) is 5.75 Å². The molecule has 0 spiro atoms. The van der Waals surface area contributed by atoms with Crippen LogP contribution >= 0.6 is 11.6 Å². The molecule has 1 aromatic carbocycles. The van der Waals surface area contributed by atoms with Crippen molar-refractivity contribution in [1.82, 2.24) is 0 Å². The van der Waals surface area contributed by atoms with Gasteiger partial charge in [0, 0.05) is 0 Å². The Balaban J connectivity index is 3.22. The number of halogens is 1. The fraction of sp³-hybridized carbons (Fsp3) is 0.300. The summed E-state index contributed by atoms with van der Waals surface area (Å²) in [5, 5.41) is 18.3. The summed E-state index contributed by atoms with van der Waals surface area (Å²) in [4.78, 5) is 10.7. The lowest BCUT2D eigenvalue weighted by molar-refractivity contribution is -0.138. The SMILES string of the molecule is Cc1cc(O)c(Cl)cc1C(C)C(=O)O. The van der Waals surface area contributed by atoms with Crippen molar-refractivity contribution in [1.29, 1.82) is 0 Å². The second kappa shape index (κ2) is 3.88. The van der Waals surface area contributed by atoms with E-state index in [0.29, 0.717) is 5.56 Å². The minimum absolute atomic E-state index is 0.0227. The highest BCUT2D eigenvalue weighted by Gasteiger charge is 2.17. The molecule has 1 unspecified atom stereocenters. The van der Waals surface area contributed by atoms with E-state index in [0.717, 1.165) is 5.56 Å². The minimum atomic E-state index is -0.908. The van der Waals surface area contributed by atoms with E-state index in [1.807, 2.05) is 0 Å². The second-order valence-electron chi connectivity index (χ2n) is 3.22. The van der Waals surface area contributed by atoms with E-state index in [1.54, 1.807) is 13.8 Å². The summed E-state index contributed by atoms with van der Waals surface area (Å²) in [6.45, 7) is 3.32. The number of phenols is 1. The lowest BCUT2D eigenvalue weighted by atomic mass is 9.96. The van der Waals surface area contributed by atoms with Gasteiger partial charge in [-0.25, -0.2) is 0 Å². The molecule has 76 valence electrons. The molecule has 0 saturated heterocycles. The van der Waals surface area contributed by atoms with Gasteiger partial charge in [0.15, 0.2) is 0 Å². The molecular weight excluding hydrogens is 204 g/mol. The standard InChI is InChI=1S/C10H11ClO3/c1-5-3-9(12)8(11)4-7(5)6(2)10(13)14/h3-4,6,12H,1-2H3,(H,13,14). The number of rotatable bonds is 2. The normalized spacial score (nSPS) is 12.5.